The van der Waals surface area contributed by atoms with Gasteiger partial charge < -0.3 is 4.74 Å². The quantitative estimate of drug-likeness (QED) is 0.355. The van der Waals surface area contributed by atoms with Gasteiger partial charge in [0.15, 0.2) is 0 Å². The van der Waals surface area contributed by atoms with Gasteiger partial charge in [-0.05, 0) is 59.5 Å². The molecule has 0 aliphatic carbocycles. The molecule has 0 saturated heterocycles. The minimum Gasteiger partial charge on any atom is -0.477 e. The second kappa shape index (κ2) is 9.46. The molecule has 1 aliphatic heterocycles. The first-order chi connectivity index (χ1) is 16.0. The largest absolute Gasteiger partial charge is 0.477 e. The predicted octanol–water partition coefficient (Wildman–Crippen LogP) is 7.22. The Labute approximate surface area is 196 Å². The Kier molecular flexibility index (Phi) is 6.78. The molecule has 2 heterocycles. The van der Waals surface area contributed by atoms with E-state index in [2.05, 4.69) is 4.98 Å². The molecule has 0 unspecified atom stereocenters. The molecular formula is C24H19ClF6N2O. The summed E-state index contributed by atoms with van der Waals surface area (Å²) < 4.78 is 85.5. The summed E-state index contributed by atoms with van der Waals surface area (Å²) in [5.74, 6) is 0.386. The van der Waals surface area contributed by atoms with Crippen molar-refractivity contribution in [1.29, 1.82) is 0 Å². The number of rotatable bonds is 3. The maximum absolute atomic E-state index is 13.3. The molecular weight excluding hydrogens is 482 g/mol. The first-order valence-electron chi connectivity index (χ1n) is 10.4. The molecule has 34 heavy (non-hydrogen) atoms. The smallest absolute Gasteiger partial charge is 0.416 e. The topological polar surface area (TPSA) is 25.4 Å². The van der Waals surface area contributed by atoms with E-state index in [4.69, 9.17) is 16.3 Å². The lowest BCUT2D eigenvalue weighted by atomic mass is 10.00. The molecule has 180 valence electrons. The van der Waals surface area contributed by atoms with Crippen molar-refractivity contribution in [2.45, 2.75) is 31.9 Å². The molecule has 0 spiro atoms. The van der Waals surface area contributed by atoms with Crippen LogP contribution >= 0.6 is 11.6 Å². The number of nitrogens with zero attached hydrogens (tertiary/aromatic N) is 2. The highest BCUT2D eigenvalue weighted by Crippen LogP contribution is 2.37. The van der Waals surface area contributed by atoms with Crippen LogP contribution < -0.4 is 4.74 Å². The van der Waals surface area contributed by atoms with Gasteiger partial charge in [-0.1, -0.05) is 23.7 Å². The molecule has 0 bridgehead atoms. The summed E-state index contributed by atoms with van der Waals surface area (Å²) in [5, 5.41) is 0.559. The Morgan fingerprint density at radius 3 is 2.18 bits per heavy atom. The number of hydrogen-bond donors (Lipinski definition) is 0. The number of alkyl halides is 6. The van der Waals surface area contributed by atoms with E-state index in [1.54, 1.807) is 29.3 Å². The second-order valence-corrected chi connectivity index (χ2v) is 8.41. The molecule has 1 aliphatic rings. The molecule has 0 saturated carbocycles. The van der Waals surface area contributed by atoms with Gasteiger partial charge in [-0.15, -0.1) is 0 Å². The van der Waals surface area contributed by atoms with Gasteiger partial charge in [0.25, 0.3) is 0 Å². The molecule has 2 aromatic carbocycles. The number of halogens is 7. The number of benzene rings is 2. The van der Waals surface area contributed by atoms with Crippen LogP contribution in [0.3, 0.4) is 0 Å². The van der Waals surface area contributed by atoms with Crippen LogP contribution in [0.15, 0.2) is 54.7 Å². The minimum atomic E-state index is -4.89. The third-order valence-corrected chi connectivity index (χ3v) is 5.72. The highest BCUT2D eigenvalue weighted by atomic mass is 35.5. The van der Waals surface area contributed by atoms with E-state index in [-0.39, 0.29) is 24.7 Å². The number of aromatic nitrogens is 1. The van der Waals surface area contributed by atoms with Crippen LogP contribution in [0, 0.1) is 0 Å². The first-order valence-corrected chi connectivity index (χ1v) is 10.8. The minimum absolute atomic E-state index is 0.0675. The molecule has 0 N–H and O–H groups in total. The molecule has 4 rings (SSSR count). The zero-order chi connectivity index (χ0) is 24.5. The van der Waals surface area contributed by atoms with E-state index < -0.39 is 23.5 Å². The van der Waals surface area contributed by atoms with Crippen molar-refractivity contribution < 1.29 is 31.1 Å². The average molecular weight is 501 g/mol. The Morgan fingerprint density at radius 2 is 1.56 bits per heavy atom. The lowest BCUT2D eigenvalue weighted by Gasteiger charge is -2.28. The Balaban J connectivity index is 1.70. The van der Waals surface area contributed by atoms with Gasteiger partial charge in [-0.2, -0.15) is 26.3 Å². The highest BCUT2D eigenvalue weighted by molar-refractivity contribution is 6.30. The van der Waals surface area contributed by atoms with Crippen molar-refractivity contribution in [2.75, 3.05) is 13.2 Å². The maximum atomic E-state index is 13.3. The van der Waals surface area contributed by atoms with E-state index in [1.165, 1.54) is 0 Å². The standard InChI is InChI=1S/C24H19ClF6N2O/c25-19-4-2-16(3-5-19)20-6-7-32-22-21(20)14-33(8-1-9-34-22)13-15-10-17(23(26,27)28)12-18(11-15)24(29,30)31/h2-7,10-12H,1,8-9,13-14H2. The third-order valence-electron chi connectivity index (χ3n) is 5.46. The predicted molar refractivity (Wildman–Crippen MR) is 115 cm³/mol. The zero-order valence-corrected chi connectivity index (χ0v) is 18.4. The van der Waals surface area contributed by atoms with Crippen LogP contribution in [-0.2, 0) is 25.4 Å². The van der Waals surface area contributed by atoms with Crippen LogP contribution in [0.4, 0.5) is 26.3 Å². The van der Waals surface area contributed by atoms with Crippen molar-refractivity contribution in [3.63, 3.8) is 0 Å². The fourth-order valence-electron chi connectivity index (χ4n) is 3.91. The summed E-state index contributed by atoms with van der Waals surface area (Å²) in [4.78, 5) is 6.09. The van der Waals surface area contributed by atoms with Crippen molar-refractivity contribution >= 4 is 11.6 Å². The third kappa shape index (κ3) is 5.64. The van der Waals surface area contributed by atoms with E-state index in [1.807, 2.05) is 12.1 Å². The van der Waals surface area contributed by atoms with Gasteiger partial charge in [-0.25, -0.2) is 4.98 Å². The summed E-state index contributed by atoms with van der Waals surface area (Å²) >= 11 is 5.99. The number of fused-ring (bicyclic) bond motifs is 1. The molecule has 3 aromatic rings. The van der Waals surface area contributed by atoms with Gasteiger partial charge >= 0.3 is 12.4 Å². The van der Waals surface area contributed by atoms with Gasteiger partial charge in [0.1, 0.15) is 0 Å². The molecule has 0 fully saturated rings. The Bertz CT molecular complexity index is 1130. The van der Waals surface area contributed by atoms with Crippen LogP contribution in [0.25, 0.3) is 11.1 Å². The number of hydrogen-bond acceptors (Lipinski definition) is 3. The summed E-state index contributed by atoms with van der Waals surface area (Å²) in [6.07, 6.45) is -7.65. The van der Waals surface area contributed by atoms with E-state index >= 15 is 0 Å². The van der Waals surface area contributed by atoms with Crippen LogP contribution in [0.2, 0.25) is 5.02 Å². The number of ether oxygens (including phenoxy) is 1. The lowest BCUT2D eigenvalue weighted by Crippen LogP contribution is -2.28. The SMILES string of the molecule is FC(F)(F)c1cc(CN2CCCOc3nccc(-c4ccc(Cl)cc4)c3C2)cc(C(F)(F)F)c1. The van der Waals surface area contributed by atoms with E-state index in [0.717, 1.165) is 23.3 Å². The first kappa shape index (κ1) is 24.3. The summed E-state index contributed by atoms with van der Waals surface area (Å²) in [7, 11) is 0. The van der Waals surface area contributed by atoms with Gasteiger partial charge in [0.2, 0.25) is 5.88 Å². The maximum Gasteiger partial charge on any atom is 0.416 e. The normalized spacial score (nSPS) is 15.3. The zero-order valence-electron chi connectivity index (χ0n) is 17.7. The van der Waals surface area contributed by atoms with Gasteiger partial charge in [0, 0.05) is 36.4 Å². The summed E-state index contributed by atoms with van der Waals surface area (Å²) in [6, 6.07) is 10.6. The van der Waals surface area contributed by atoms with Gasteiger partial charge in [0.05, 0.1) is 17.7 Å². The van der Waals surface area contributed by atoms with Crippen molar-refractivity contribution in [3.05, 3.63) is 82.0 Å². The van der Waals surface area contributed by atoms with Gasteiger partial charge in [-0.3, -0.25) is 4.90 Å². The van der Waals surface area contributed by atoms with Crippen LogP contribution in [0.5, 0.6) is 5.88 Å². The average Bonchev–Trinajstić information content (AvgIpc) is 2.75. The Morgan fingerprint density at radius 1 is 0.912 bits per heavy atom. The van der Waals surface area contributed by atoms with Crippen LogP contribution in [-0.4, -0.2) is 23.0 Å². The molecule has 1 aromatic heterocycles. The summed E-state index contributed by atoms with van der Waals surface area (Å²) in [6.45, 7) is 0.878. The molecule has 0 radical (unpaired) electrons. The molecule has 0 amide bonds. The van der Waals surface area contributed by atoms with Crippen molar-refractivity contribution in [2.24, 2.45) is 0 Å². The molecule has 10 heteroatoms. The highest BCUT2D eigenvalue weighted by Gasteiger charge is 2.37. The summed E-state index contributed by atoms with van der Waals surface area (Å²) in [5.41, 5.74) is -0.373. The van der Waals surface area contributed by atoms with E-state index in [0.29, 0.717) is 36.0 Å². The Hall–Kier alpha value is -2.78. The fraction of sp³-hybridized carbons (Fsp3) is 0.292. The molecule has 0 atom stereocenters. The molecule has 3 nitrogen and oxygen atoms in total. The van der Waals surface area contributed by atoms with Crippen molar-refractivity contribution in [3.8, 4) is 17.0 Å². The second-order valence-electron chi connectivity index (χ2n) is 7.98. The van der Waals surface area contributed by atoms with Crippen molar-refractivity contribution in [1.82, 2.24) is 9.88 Å². The number of pyridine rings is 1. The lowest BCUT2D eigenvalue weighted by molar-refractivity contribution is -0.143. The van der Waals surface area contributed by atoms with E-state index in [9.17, 15) is 26.3 Å². The monoisotopic (exact) mass is 500 g/mol. The van der Waals surface area contributed by atoms with Crippen LogP contribution in [0.1, 0.15) is 28.7 Å². The fourth-order valence-corrected chi connectivity index (χ4v) is 4.04.